The van der Waals surface area contributed by atoms with Crippen LogP contribution in [0.1, 0.15) is 18.4 Å². The molecule has 0 atom stereocenters. The van der Waals surface area contributed by atoms with Gasteiger partial charge in [-0.3, -0.25) is 4.79 Å². The second-order valence-electron chi connectivity index (χ2n) is 6.02. The molecular weight excluding hydrogens is 409 g/mol. The van der Waals surface area contributed by atoms with Crippen LogP contribution in [0.4, 0.5) is 17.1 Å². The van der Waals surface area contributed by atoms with Crippen LogP contribution in [0.3, 0.4) is 0 Å². The molecule has 0 bridgehead atoms. The number of nitrogens with zero attached hydrogens (tertiary/aromatic N) is 1. The molecule has 3 N–H and O–H groups in total. The van der Waals surface area contributed by atoms with Gasteiger partial charge in [-0.15, -0.1) is 24.8 Å². The van der Waals surface area contributed by atoms with Crippen LogP contribution in [-0.2, 0) is 11.2 Å². The Labute approximate surface area is 177 Å². The number of benzene rings is 2. The van der Waals surface area contributed by atoms with Crippen LogP contribution in [-0.4, -0.2) is 26.1 Å². The lowest BCUT2D eigenvalue weighted by atomic mass is 9.99. The summed E-state index contributed by atoms with van der Waals surface area (Å²) in [5.41, 5.74) is 9.61. The van der Waals surface area contributed by atoms with Crippen molar-refractivity contribution in [1.29, 1.82) is 0 Å². The molecule has 0 unspecified atom stereocenters. The number of fused-ring (bicyclic) bond motifs is 1. The minimum absolute atomic E-state index is 0. The van der Waals surface area contributed by atoms with Gasteiger partial charge < -0.3 is 20.7 Å². The van der Waals surface area contributed by atoms with Gasteiger partial charge in [-0.05, 0) is 48.7 Å². The molecule has 148 valence electrons. The zero-order chi connectivity index (χ0) is 17.8. The quantitative estimate of drug-likeness (QED) is 0.680. The van der Waals surface area contributed by atoms with E-state index in [4.69, 9.17) is 22.1 Å². The molecule has 27 heavy (non-hydrogen) atoms. The SMILES string of the molecule is COc1ccc(Cl)cc1NCCC(=O)N1CCCc2c(N)cccc21.Cl.Cl. The van der Waals surface area contributed by atoms with Crippen LogP contribution >= 0.6 is 36.4 Å². The molecule has 1 heterocycles. The summed E-state index contributed by atoms with van der Waals surface area (Å²) in [6.45, 7) is 1.24. The molecule has 0 aromatic heterocycles. The lowest BCUT2D eigenvalue weighted by molar-refractivity contribution is -0.118. The van der Waals surface area contributed by atoms with Crippen molar-refractivity contribution in [2.45, 2.75) is 19.3 Å². The van der Waals surface area contributed by atoms with Crippen molar-refractivity contribution < 1.29 is 9.53 Å². The number of anilines is 3. The Morgan fingerprint density at radius 3 is 2.81 bits per heavy atom. The highest BCUT2D eigenvalue weighted by atomic mass is 35.5. The molecule has 3 rings (SSSR count). The summed E-state index contributed by atoms with van der Waals surface area (Å²) < 4.78 is 5.30. The van der Waals surface area contributed by atoms with Crippen molar-refractivity contribution in [2.75, 3.05) is 36.1 Å². The van der Waals surface area contributed by atoms with Gasteiger partial charge in [0.1, 0.15) is 5.75 Å². The maximum atomic E-state index is 12.7. The van der Waals surface area contributed by atoms with Gasteiger partial charge in [0.15, 0.2) is 0 Å². The van der Waals surface area contributed by atoms with E-state index in [0.29, 0.717) is 23.7 Å². The monoisotopic (exact) mass is 431 g/mol. The van der Waals surface area contributed by atoms with E-state index < -0.39 is 0 Å². The summed E-state index contributed by atoms with van der Waals surface area (Å²) in [6, 6.07) is 11.1. The van der Waals surface area contributed by atoms with Crippen LogP contribution in [0.2, 0.25) is 5.02 Å². The Kier molecular flexibility index (Phi) is 9.03. The molecule has 0 fully saturated rings. The number of carbonyl (C=O) groups excluding carboxylic acids is 1. The van der Waals surface area contributed by atoms with Crippen molar-refractivity contribution in [2.24, 2.45) is 0 Å². The first-order valence-electron chi connectivity index (χ1n) is 8.35. The minimum atomic E-state index is 0. The Hall–Kier alpha value is -1.82. The van der Waals surface area contributed by atoms with E-state index in [-0.39, 0.29) is 30.7 Å². The van der Waals surface area contributed by atoms with Gasteiger partial charge in [0.05, 0.1) is 12.8 Å². The van der Waals surface area contributed by atoms with E-state index in [1.165, 1.54) is 0 Å². The maximum absolute atomic E-state index is 12.7. The fraction of sp³-hybridized carbons (Fsp3) is 0.316. The normalized spacial score (nSPS) is 12.3. The van der Waals surface area contributed by atoms with Gasteiger partial charge in [-0.25, -0.2) is 0 Å². The highest BCUT2D eigenvalue weighted by Gasteiger charge is 2.23. The molecule has 1 aliphatic heterocycles. The number of rotatable bonds is 5. The van der Waals surface area contributed by atoms with Crippen LogP contribution in [0.5, 0.6) is 5.75 Å². The molecule has 0 saturated heterocycles. The third-order valence-electron chi connectivity index (χ3n) is 4.40. The molecule has 8 heteroatoms. The average molecular weight is 433 g/mol. The second kappa shape index (κ2) is 10.5. The molecule has 1 aliphatic rings. The Bertz CT molecular complexity index is 787. The lowest BCUT2D eigenvalue weighted by Gasteiger charge is -2.30. The largest absolute Gasteiger partial charge is 0.495 e. The summed E-state index contributed by atoms with van der Waals surface area (Å²) in [7, 11) is 1.61. The number of halogens is 3. The van der Waals surface area contributed by atoms with Gasteiger partial charge in [-0.1, -0.05) is 17.7 Å². The fourth-order valence-corrected chi connectivity index (χ4v) is 3.34. The summed E-state index contributed by atoms with van der Waals surface area (Å²) in [4.78, 5) is 14.5. The van der Waals surface area contributed by atoms with Crippen LogP contribution in [0, 0.1) is 0 Å². The number of hydrogen-bond donors (Lipinski definition) is 2. The first-order chi connectivity index (χ1) is 12.1. The molecule has 0 saturated carbocycles. The second-order valence-corrected chi connectivity index (χ2v) is 6.45. The van der Waals surface area contributed by atoms with Crippen molar-refractivity contribution in [3.8, 4) is 5.75 Å². The van der Waals surface area contributed by atoms with E-state index >= 15 is 0 Å². The number of hydrogen-bond acceptors (Lipinski definition) is 4. The number of nitrogens with two attached hydrogens (primary N) is 1. The Morgan fingerprint density at radius 2 is 2.07 bits per heavy atom. The summed E-state index contributed by atoms with van der Waals surface area (Å²) in [6.07, 6.45) is 2.23. The number of nitrogen functional groups attached to an aromatic ring is 1. The van der Waals surface area contributed by atoms with Crippen molar-refractivity contribution >= 4 is 59.4 Å². The molecule has 2 aromatic carbocycles. The Balaban J connectivity index is 0.00000182. The highest BCUT2D eigenvalue weighted by Crippen LogP contribution is 2.32. The number of nitrogens with one attached hydrogen (secondary N) is 1. The smallest absolute Gasteiger partial charge is 0.228 e. The van der Waals surface area contributed by atoms with E-state index in [0.717, 1.165) is 42.0 Å². The molecule has 1 amide bonds. The predicted molar refractivity (Wildman–Crippen MR) is 117 cm³/mol. The first kappa shape index (κ1) is 23.2. The lowest BCUT2D eigenvalue weighted by Crippen LogP contribution is -2.36. The maximum Gasteiger partial charge on any atom is 0.228 e. The molecule has 0 spiro atoms. The number of methoxy groups -OCH3 is 1. The third kappa shape index (κ3) is 5.34. The van der Waals surface area contributed by atoms with Gasteiger partial charge >= 0.3 is 0 Å². The van der Waals surface area contributed by atoms with Crippen molar-refractivity contribution in [3.05, 3.63) is 47.0 Å². The standard InChI is InChI=1S/C19H22ClN3O2.2ClH/c1-25-18-8-7-13(20)12-16(18)22-10-9-19(24)23-11-3-4-14-15(21)5-2-6-17(14)23;;/h2,5-8,12,22H,3-4,9-11,21H2,1H3;2*1H. The zero-order valence-corrected chi connectivity index (χ0v) is 17.4. The fourth-order valence-electron chi connectivity index (χ4n) is 3.17. The summed E-state index contributed by atoms with van der Waals surface area (Å²) >= 11 is 6.03. The highest BCUT2D eigenvalue weighted by molar-refractivity contribution is 6.30. The summed E-state index contributed by atoms with van der Waals surface area (Å²) in [5, 5.41) is 3.85. The first-order valence-corrected chi connectivity index (χ1v) is 8.73. The number of amides is 1. The van der Waals surface area contributed by atoms with Crippen molar-refractivity contribution in [1.82, 2.24) is 0 Å². The molecule has 5 nitrogen and oxygen atoms in total. The average Bonchev–Trinajstić information content (AvgIpc) is 2.62. The van der Waals surface area contributed by atoms with E-state index in [1.807, 2.05) is 23.1 Å². The van der Waals surface area contributed by atoms with Gasteiger partial charge in [0, 0.05) is 35.9 Å². The van der Waals surface area contributed by atoms with Crippen LogP contribution in [0.25, 0.3) is 0 Å². The predicted octanol–water partition coefficient (Wildman–Crippen LogP) is 4.56. The van der Waals surface area contributed by atoms with Crippen LogP contribution < -0.4 is 20.7 Å². The van der Waals surface area contributed by atoms with E-state index in [9.17, 15) is 4.79 Å². The Morgan fingerprint density at radius 1 is 1.30 bits per heavy atom. The zero-order valence-electron chi connectivity index (χ0n) is 15.0. The van der Waals surface area contributed by atoms with Gasteiger partial charge in [0.2, 0.25) is 5.91 Å². The minimum Gasteiger partial charge on any atom is -0.495 e. The van der Waals surface area contributed by atoms with E-state index in [1.54, 1.807) is 25.3 Å². The topological polar surface area (TPSA) is 67.6 Å². The molecule has 0 radical (unpaired) electrons. The van der Waals surface area contributed by atoms with Gasteiger partial charge in [-0.2, -0.15) is 0 Å². The molecule has 2 aromatic rings. The van der Waals surface area contributed by atoms with Crippen molar-refractivity contribution in [3.63, 3.8) is 0 Å². The number of ether oxygens (including phenoxy) is 1. The van der Waals surface area contributed by atoms with Gasteiger partial charge in [0.25, 0.3) is 0 Å². The van der Waals surface area contributed by atoms with Crippen LogP contribution in [0.15, 0.2) is 36.4 Å². The third-order valence-corrected chi connectivity index (χ3v) is 4.64. The number of carbonyl (C=O) groups is 1. The summed E-state index contributed by atoms with van der Waals surface area (Å²) in [5.74, 6) is 0.785. The molecular formula is C19H24Cl3N3O2. The molecule has 0 aliphatic carbocycles. The van der Waals surface area contributed by atoms with E-state index in [2.05, 4.69) is 5.32 Å².